The first-order valence-electron chi connectivity index (χ1n) is 49.4. The van der Waals surface area contributed by atoms with E-state index in [-0.39, 0.29) is 5.41 Å². The Kier molecular flexibility index (Phi) is 20.6. The first kappa shape index (κ1) is 84.5. The molecule has 4 heteroatoms. The number of rotatable bonds is 16. The van der Waals surface area contributed by atoms with Gasteiger partial charge < -0.3 is 18.9 Å². The van der Waals surface area contributed by atoms with Gasteiger partial charge in [0.2, 0.25) is 0 Å². The molecule has 0 unspecified atom stereocenters. The topological polar surface area (TPSA) is 16.3 Å². The summed E-state index contributed by atoms with van der Waals surface area (Å²) in [6.45, 7) is 9.07. The molecule has 1 spiro atoms. The standard InChI is InChI=1S/C73H48N2.C65H50N2/c1-2-18-53(19-3-1)57-20-4-5-21-58(57)63-25-9-15-31-70(63)74(56-46-47-62-61-24-8-14-30-68(61)73(69(62)48-56)66-28-12-6-22-59(66)60-23-7-13-29-67(60)73)54-42-38-51(39-43-54)49-34-36-50(37-35-49)52-40-44-55(45-41-52)75-71-32-16-10-26-64(71)65-27-11-17-33-72(65)75;1-43-22-38-63-58(40-43)59-41-44(2)23-39-64(59)67(63)51-34-30-48(31-35-51)46-26-24-45(25-27-46)47-28-32-50(33-29-47)66(52-36-37-56-55-18-10-12-20-60(55)65(3,4)61(56)42-52)62-21-13-11-19-57(62)54-17-9-8-16-53(54)49-14-6-5-7-15-49/h1-48H;5-42H,1-4H3. The maximum Gasteiger partial charge on any atom is 0.0726 e. The minimum atomic E-state index is -0.468. The van der Waals surface area contributed by atoms with Crippen molar-refractivity contribution >= 4 is 77.7 Å². The van der Waals surface area contributed by atoms with Crippen LogP contribution in [-0.4, -0.2) is 9.13 Å². The molecule has 670 valence electrons. The minimum Gasteiger partial charge on any atom is -0.310 e. The largest absolute Gasteiger partial charge is 0.310 e. The molecule has 0 radical (unpaired) electrons. The zero-order valence-electron chi connectivity index (χ0n) is 79.4. The fourth-order valence-electron chi connectivity index (χ4n) is 23.5. The Morgan fingerprint density at radius 2 is 0.437 bits per heavy atom. The van der Waals surface area contributed by atoms with Gasteiger partial charge in [0.15, 0.2) is 0 Å². The van der Waals surface area contributed by atoms with E-state index >= 15 is 0 Å². The highest BCUT2D eigenvalue weighted by atomic mass is 15.2. The van der Waals surface area contributed by atoms with Gasteiger partial charge in [0.1, 0.15) is 0 Å². The van der Waals surface area contributed by atoms with Crippen LogP contribution in [0.3, 0.4) is 0 Å². The van der Waals surface area contributed by atoms with Crippen LogP contribution in [0.1, 0.15) is 58.4 Å². The molecule has 0 fully saturated rings. The van der Waals surface area contributed by atoms with Gasteiger partial charge >= 0.3 is 0 Å². The smallest absolute Gasteiger partial charge is 0.0726 e. The number of anilines is 6. The summed E-state index contributed by atoms with van der Waals surface area (Å²) < 4.78 is 4.77. The van der Waals surface area contributed by atoms with Crippen molar-refractivity contribution in [3.8, 4) is 134 Å². The molecule has 2 heterocycles. The molecule has 0 amide bonds. The van der Waals surface area contributed by atoms with Gasteiger partial charge in [-0.25, -0.2) is 0 Å². The summed E-state index contributed by atoms with van der Waals surface area (Å²) in [6, 6.07) is 193. The van der Waals surface area contributed by atoms with Crippen LogP contribution in [0.15, 0.2) is 522 Å². The van der Waals surface area contributed by atoms with Gasteiger partial charge in [0, 0.05) is 72.2 Å². The summed E-state index contributed by atoms with van der Waals surface area (Å²) in [6.07, 6.45) is 0. The quantitative estimate of drug-likeness (QED) is 0.0959. The van der Waals surface area contributed by atoms with E-state index in [1.54, 1.807) is 0 Å². The Labute approximate surface area is 829 Å². The van der Waals surface area contributed by atoms with E-state index in [2.05, 4.69) is 568 Å². The molecule has 2 aromatic heterocycles. The highest BCUT2D eigenvalue weighted by Gasteiger charge is 2.52. The molecule has 142 heavy (non-hydrogen) atoms. The van der Waals surface area contributed by atoms with Crippen LogP contribution < -0.4 is 9.80 Å². The van der Waals surface area contributed by atoms with E-state index in [1.165, 1.54) is 205 Å². The van der Waals surface area contributed by atoms with Gasteiger partial charge in [-0.05, 0) is 280 Å². The fourth-order valence-corrected chi connectivity index (χ4v) is 23.5. The molecule has 4 nitrogen and oxygen atoms in total. The number of hydrogen-bond acceptors (Lipinski definition) is 2. The molecular weight excluding hydrogens is 1710 g/mol. The first-order chi connectivity index (χ1) is 70.0. The molecule has 0 N–H and O–H groups in total. The molecule has 3 aliphatic rings. The second-order valence-electron chi connectivity index (χ2n) is 38.6. The second-order valence-corrected chi connectivity index (χ2v) is 38.6. The zero-order chi connectivity index (χ0) is 94.7. The molecule has 0 aliphatic heterocycles. The lowest BCUT2D eigenvalue weighted by molar-refractivity contribution is 0.660. The van der Waals surface area contributed by atoms with Crippen LogP contribution in [-0.2, 0) is 10.8 Å². The van der Waals surface area contributed by atoms with Crippen molar-refractivity contribution in [1.82, 2.24) is 9.13 Å². The van der Waals surface area contributed by atoms with Crippen molar-refractivity contribution in [3.05, 3.63) is 566 Å². The van der Waals surface area contributed by atoms with E-state index in [1.807, 2.05) is 0 Å². The van der Waals surface area contributed by atoms with E-state index in [0.29, 0.717) is 0 Å². The number of para-hydroxylation sites is 4. The Morgan fingerprint density at radius 1 is 0.169 bits per heavy atom. The average Bonchev–Trinajstić information content (AvgIpc) is 1.51. The van der Waals surface area contributed by atoms with Crippen LogP contribution in [0.2, 0.25) is 0 Å². The van der Waals surface area contributed by atoms with Crippen LogP contribution in [0.5, 0.6) is 0 Å². The van der Waals surface area contributed by atoms with Crippen LogP contribution in [0.4, 0.5) is 34.1 Å². The van der Waals surface area contributed by atoms with Gasteiger partial charge in [-0.3, -0.25) is 0 Å². The maximum absolute atomic E-state index is 2.50. The molecular formula is C138H98N4. The summed E-state index contributed by atoms with van der Waals surface area (Å²) in [5, 5.41) is 5.14. The lowest BCUT2D eigenvalue weighted by Gasteiger charge is -2.33. The summed E-state index contributed by atoms with van der Waals surface area (Å²) in [7, 11) is 0. The number of aromatic nitrogens is 2. The molecule has 27 rings (SSSR count). The third-order valence-corrected chi connectivity index (χ3v) is 30.2. The predicted octanol–water partition coefficient (Wildman–Crippen LogP) is 37.1. The maximum atomic E-state index is 2.50. The first-order valence-corrected chi connectivity index (χ1v) is 49.4. The summed E-state index contributed by atoms with van der Waals surface area (Å²) >= 11 is 0. The molecule has 0 bridgehead atoms. The van der Waals surface area contributed by atoms with Gasteiger partial charge in [0.25, 0.3) is 0 Å². The Bertz CT molecular complexity index is 8860. The lowest BCUT2D eigenvalue weighted by atomic mass is 9.70. The number of fused-ring (bicyclic) bond motifs is 19. The SMILES string of the molecule is Cc1ccc2c(c1)c1cc(C)ccc1n2-c1ccc(-c2ccc(-c3ccc(N(c4ccc5c(c4)C(C)(C)c4ccccc4-5)c4ccccc4-c4ccccc4-c4ccccc4)cc3)cc2)cc1.c1ccc(-c2ccccc2-c2ccccc2N(c2ccc(-c3ccc(-c4ccc(-n5c6ccccc6c6ccccc65)cc4)cc3)cc2)c2ccc3c(c2)C2(c4ccccc4-c4ccccc42)c2ccccc2-3)cc1. The number of benzene rings is 22. The van der Waals surface area contributed by atoms with Crippen molar-refractivity contribution in [3.63, 3.8) is 0 Å². The number of hydrogen-bond donors (Lipinski definition) is 0. The van der Waals surface area contributed by atoms with Gasteiger partial charge in [-0.2, -0.15) is 0 Å². The van der Waals surface area contributed by atoms with E-state index in [9.17, 15) is 0 Å². The highest BCUT2D eigenvalue weighted by Crippen LogP contribution is 2.64. The summed E-state index contributed by atoms with van der Waals surface area (Å²) in [5.41, 5.74) is 50.7. The number of nitrogens with zero attached hydrogens (tertiary/aromatic N) is 4. The van der Waals surface area contributed by atoms with Gasteiger partial charge in [-0.15, -0.1) is 0 Å². The van der Waals surface area contributed by atoms with Gasteiger partial charge in [0.05, 0.1) is 38.9 Å². The average molecular weight is 1810 g/mol. The molecule has 0 atom stereocenters. The Morgan fingerprint density at radius 3 is 0.824 bits per heavy atom. The summed E-state index contributed by atoms with van der Waals surface area (Å²) in [4.78, 5) is 4.94. The fraction of sp³-hybridized carbons (Fsp3) is 0.0435. The van der Waals surface area contributed by atoms with Crippen LogP contribution >= 0.6 is 0 Å². The summed E-state index contributed by atoms with van der Waals surface area (Å²) in [5.74, 6) is 0. The van der Waals surface area contributed by atoms with Crippen LogP contribution in [0.25, 0.3) is 177 Å². The highest BCUT2D eigenvalue weighted by molar-refractivity contribution is 6.11. The molecule has 22 aromatic carbocycles. The zero-order valence-corrected chi connectivity index (χ0v) is 79.4. The molecule has 0 saturated heterocycles. The predicted molar refractivity (Wildman–Crippen MR) is 598 cm³/mol. The second kappa shape index (κ2) is 34.6. The van der Waals surface area contributed by atoms with Gasteiger partial charge in [-0.1, -0.05) is 425 Å². The van der Waals surface area contributed by atoms with Crippen molar-refractivity contribution in [1.29, 1.82) is 0 Å². The Hall–Kier alpha value is -18.0. The number of aryl methyl sites for hydroxylation is 2. The van der Waals surface area contributed by atoms with Crippen molar-refractivity contribution in [2.75, 3.05) is 9.80 Å². The third-order valence-electron chi connectivity index (χ3n) is 30.2. The minimum absolute atomic E-state index is 0.129. The van der Waals surface area contributed by atoms with Crippen molar-refractivity contribution in [2.24, 2.45) is 0 Å². The van der Waals surface area contributed by atoms with Crippen molar-refractivity contribution < 1.29 is 0 Å². The van der Waals surface area contributed by atoms with E-state index in [4.69, 9.17) is 0 Å². The third kappa shape index (κ3) is 14.1. The molecule has 3 aliphatic carbocycles. The monoisotopic (exact) mass is 1810 g/mol. The Balaban J connectivity index is 0.000000146. The van der Waals surface area contributed by atoms with E-state index < -0.39 is 5.41 Å². The lowest BCUT2D eigenvalue weighted by Crippen LogP contribution is -2.26. The van der Waals surface area contributed by atoms with Crippen LogP contribution in [0, 0.1) is 13.8 Å². The molecule has 24 aromatic rings. The normalized spacial score (nSPS) is 12.6. The molecule has 0 saturated carbocycles. The van der Waals surface area contributed by atoms with Crippen molar-refractivity contribution in [2.45, 2.75) is 38.5 Å². The van der Waals surface area contributed by atoms with E-state index in [0.717, 1.165) is 50.9 Å².